The predicted molar refractivity (Wildman–Crippen MR) is 66.7 cm³/mol. The van der Waals surface area contributed by atoms with E-state index in [-0.39, 0.29) is 12.5 Å². The summed E-state index contributed by atoms with van der Waals surface area (Å²) in [5.74, 6) is -0.0125. The summed E-state index contributed by atoms with van der Waals surface area (Å²) >= 11 is 0. The highest BCUT2D eigenvalue weighted by Crippen LogP contribution is 2.10. The van der Waals surface area contributed by atoms with Crippen LogP contribution in [0.15, 0.2) is 24.3 Å². The highest BCUT2D eigenvalue weighted by atomic mass is 16.5. The molecule has 0 aliphatic carbocycles. The molecule has 0 bridgehead atoms. The van der Waals surface area contributed by atoms with Crippen LogP contribution in [-0.2, 0) is 16.1 Å². The Morgan fingerprint density at radius 2 is 2.06 bits per heavy atom. The number of rotatable bonds is 7. The van der Waals surface area contributed by atoms with Gasteiger partial charge in [0.05, 0.1) is 6.61 Å². The van der Waals surface area contributed by atoms with E-state index < -0.39 is 0 Å². The quantitative estimate of drug-likeness (QED) is 0.712. The standard InChI is InChI=1S/C13H19NO3/c1-2-17-9-3-4-13(16)14-12-7-5-11(10-15)6-8-12/h5-8,15H,2-4,9-10H2,1H3,(H,14,16). The summed E-state index contributed by atoms with van der Waals surface area (Å²) in [5, 5.41) is 11.7. The van der Waals surface area contributed by atoms with Gasteiger partial charge in [-0.2, -0.15) is 0 Å². The molecule has 0 radical (unpaired) electrons. The molecule has 1 aromatic carbocycles. The number of aliphatic hydroxyl groups is 1. The topological polar surface area (TPSA) is 58.6 Å². The number of hydrogen-bond donors (Lipinski definition) is 2. The Hall–Kier alpha value is -1.39. The largest absolute Gasteiger partial charge is 0.392 e. The van der Waals surface area contributed by atoms with Crippen LogP contribution in [0.1, 0.15) is 25.3 Å². The summed E-state index contributed by atoms with van der Waals surface area (Å²) in [7, 11) is 0. The van der Waals surface area contributed by atoms with E-state index in [0.717, 1.165) is 17.7 Å². The van der Waals surface area contributed by atoms with Gasteiger partial charge in [-0.15, -0.1) is 0 Å². The zero-order chi connectivity index (χ0) is 12.5. The van der Waals surface area contributed by atoms with E-state index in [1.54, 1.807) is 24.3 Å². The molecular formula is C13H19NO3. The number of anilines is 1. The molecule has 1 aromatic rings. The first-order chi connectivity index (χ1) is 8.26. The molecular weight excluding hydrogens is 218 g/mol. The van der Waals surface area contributed by atoms with Gasteiger partial charge in [0.25, 0.3) is 0 Å². The van der Waals surface area contributed by atoms with Crippen LogP contribution in [0.5, 0.6) is 0 Å². The zero-order valence-corrected chi connectivity index (χ0v) is 10.1. The summed E-state index contributed by atoms with van der Waals surface area (Å²) in [4.78, 5) is 11.5. The summed E-state index contributed by atoms with van der Waals surface area (Å²) in [6.07, 6.45) is 1.19. The highest BCUT2D eigenvalue weighted by molar-refractivity contribution is 5.90. The number of carbonyl (C=O) groups excluding carboxylic acids is 1. The molecule has 4 heteroatoms. The van der Waals surface area contributed by atoms with Gasteiger partial charge in [0.15, 0.2) is 0 Å². The van der Waals surface area contributed by atoms with Gasteiger partial charge in [0, 0.05) is 25.3 Å². The average molecular weight is 237 g/mol. The van der Waals surface area contributed by atoms with Crippen LogP contribution in [-0.4, -0.2) is 24.2 Å². The zero-order valence-electron chi connectivity index (χ0n) is 10.1. The van der Waals surface area contributed by atoms with Gasteiger partial charge in [-0.3, -0.25) is 4.79 Å². The molecule has 0 unspecified atom stereocenters. The van der Waals surface area contributed by atoms with E-state index in [2.05, 4.69) is 5.32 Å². The normalized spacial score (nSPS) is 10.2. The van der Waals surface area contributed by atoms with Crippen molar-refractivity contribution >= 4 is 11.6 Å². The minimum absolute atomic E-state index is 0.0125. The van der Waals surface area contributed by atoms with Crippen LogP contribution in [0.25, 0.3) is 0 Å². The van der Waals surface area contributed by atoms with Gasteiger partial charge in [-0.1, -0.05) is 12.1 Å². The van der Waals surface area contributed by atoms with Crippen molar-refractivity contribution in [1.29, 1.82) is 0 Å². The van der Waals surface area contributed by atoms with E-state index in [0.29, 0.717) is 19.6 Å². The number of benzene rings is 1. The molecule has 0 spiro atoms. The fourth-order valence-electron chi connectivity index (χ4n) is 1.40. The number of nitrogens with one attached hydrogen (secondary N) is 1. The van der Waals surface area contributed by atoms with E-state index in [9.17, 15) is 4.79 Å². The lowest BCUT2D eigenvalue weighted by Crippen LogP contribution is -2.12. The van der Waals surface area contributed by atoms with E-state index in [1.807, 2.05) is 6.92 Å². The lowest BCUT2D eigenvalue weighted by molar-refractivity contribution is -0.116. The molecule has 0 saturated heterocycles. The molecule has 0 fully saturated rings. The molecule has 1 amide bonds. The van der Waals surface area contributed by atoms with Gasteiger partial charge in [-0.05, 0) is 31.0 Å². The van der Waals surface area contributed by atoms with Crippen molar-refractivity contribution in [2.75, 3.05) is 18.5 Å². The van der Waals surface area contributed by atoms with Crippen LogP contribution in [0, 0.1) is 0 Å². The number of hydrogen-bond acceptors (Lipinski definition) is 3. The number of aliphatic hydroxyl groups excluding tert-OH is 1. The first-order valence-corrected chi connectivity index (χ1v) is 5.83. The third-order valence-electron chi connectivity index (χ3n) is 2.32. The maximum Gasteiger partial charge on any atom is 0.224 e. The maximum atomic E-state index is 11.5. The van der Waals surface area contributed by atoms with Crippen LogP contribution in [0.3, 0.4) is 0 Å². The Bertz CT molecular complexity index is 335. The predicted octanol–water partition coefficient (Wildman–Crippen LogP) is 1.93. The van der Waals surface area contributed by atoms with Crippen molar-refractivity contribution in [3.05, 3.63) is 29.8 Å². The molecule has 0 aliphatic heterocycles. The van der Waals surface area contributed by atoms with Gasteiger partial charge >= 0.3 is 0 Å². The van der Waals surface area contributed by atoms with Crippen LogP contribution < -0.4 is 5.32 Å². The van der Waals surface area contributed by atoms with Crippen LogP contribution in [0.4, 0.5) is 5.69 Å². The molecule has 94 valence electrons. The molecule has 0 aromatic heterocycles. The minimum Gasteiger partial charge on any atom is -0.392 e. The summed E-state index contributed by atoms with van der Waals surface area (Å²) in [5.41, 5.74) is 1.59. The highest BCUT2D eigenvalue weighted by Gasteiger charge is 2.02. The molecule has 0 atom stereocenters. The van der Waals surface area contributed by atoms with Crippen molar-refractivity contribution in [2.24, 2.45) is 0 Å². The Morgan fingerprint density at radius 3 is 2.65 bits per heavy atom. The lowest BCUT2D eigenvalue weighted by atomic mass is 10.2. The Balaban J connectivity index is 2.29. The van der Waals surface area contributed by atoms with Crippen molar-refractivity contribution in [3.63, 3.8) is 0 Å². The number of carbonyl (C=O) groups is 1. The van der Waals surface area contributed by atoms with Crippen LogP contribution in [0.2, 0.25) is 0 Å². The molecule has 0 heterocycles. The monoisotopic (exact) mass is 237 g/mol. The molecule has 1 rings (SSSR count). The molecule has 4 nitrogen and oxygen atoms in total. The first-order valence-electron chi connectivity index (χ1n) is 5.83. The van der Waals surface area contributed by atoms with Crippen molar-refractivity contribution in [2.45, 2.75) is 26.4 Å². The minimum atomic E-state index is -0.0125. The van der Waals surface area contributed by atoms with Gasteiger partial charge < -0.3 is 15.2 Å². The Labute approximate surface area is 102 Å². The molecule has 2 N–H and O–H groups in total. The third kappa shape index (κ3) is 5.47. The summed E-state index contributed by atoms with van der Waals surface area (Å²) < 4.78 is 5.16. The number of ether oxygens (including phenoxy) is 1. The average Bonchev–Trinajstić information content (AvgIpc) is 2.36. The van der Waals surface area contributed by atoms with Gasteiger partial charge in [-0.25, -0.2) is 0 Å². The summed E-state index contributed by atoms with van der Waals surface area (Å²) in [6, 6.07) is 7.14. The fourth-order valence-corrected chi connectivity index (χ4v) is 1.40. The van der Waals surface area contributed by atoms with Crippen molar-refractivity contribution in [1.82, 2.24) is 0 Å². The van der Waals surface area contributed by atoms with Crippen molar-refractivity contribution < 1.29 is 14.6 Å². The molecule has 17 heavy (non-hydrogen) atoms. The molecule has 0 saturated carbocycles. The maximum absolute atomic E-state index is 11.5. The van der Waals surface area contributed by atoms with E-state index in [4.69, 9.17) is 9.84 Å². The van der Waals surface area contributed by atoms with Crippen LogP contribution >= 0.6 is 0 Å². The lowest BCUT2D eigenvalue weighted by Gasteiger charge is -2.06. The SMILES string of the molecule is CCOCCCC(=O)Nc1ccc(CO)cc1. The summed E-state index contributed by atoms with van der Waals surface area (Å²) in [6.45, 7) is 3.25. The van der Waals surface area contributed by atoms with Gasteiger partial charge in [0.1, 0.15) is 0 Å². The smallest absolute Gasteiger partial charge is 0.224 e. The Morgan fingerprint density at radius 1 is 1.35 bits per heavy atom. The molecule has 0 aliphatic rings. The Kier molecular flexibility index (Phi) is 6.29. The number of amides is 1. The fraction of sp³-hybridized carbons (Fsp3) is 0.462. The van der Waals surface area contributed by atoms with E-state index >= 15 is 0 Å². The second-order valence-electron chi connectivity index (χ2n) is 3.70. The van der Waals surface area contributed by atoms with Crippen molar-refractivity contribution in [3.8, 4) is 0 Å². The second-order valence-corrected chi connectivity index (χ2v) is 3.70. The first kappa shape index (κ1) is 13.7. The third-order valence-corrected chi connectivity index (χ3v) is 2.32. The second kappa shape index (κ2) is 7.81. The van der Waals surface area contributed by atoms with Gasteiger partial charge in [0.2, 0.25) is 5.91 Å². The van der Waals surface area contributed by atoms with E-state index in [1.165, 1.54) is 0 Å².